The molecule has 1 aliphatic rings. The summed E-state index contributed by atoms with van der Waals surface area (Å²) >= 11 is 3.43. The van der Waals surface area contributed by atoms with Crippen LogP contribution in [0.25, 0.3) is 0 Å². The number of rotatable bonds is 4. The molecule has 23 heavy (non-hydrogen) atoms. The standard InChI is InChI=1S/C16H21BrN2O4/c1-4-23-15-13(17)9-12(10-14(15)22-3)16(21)19-7-5-18(6-8-19)11(2)20/h9-10H,4-8H2,1-3H3. The van der Waals surface area contributed by atoms with E-state index in [0.717, 1.165) is 0 Å². The quantitative estimate of drug-likeness (QED) is 0.797. The fourth-order valence-corrected chi connectivity index (χ4v) is 3.09. The Bertz CT molecular complexity index is 598. The number of hydrogen-bond donors (Lipinski definition) is 0. The number of piperazine rings is 1. The Balaban J connectivity index is 2.17. The summed E-state index contributed by atoms with van der Waals surface area (Å²) in [6.45, 7) is 6.14. The van der Waals surface area contributed by atoms with Crippen LogP contribution in [-0.4, -0.2) is 61.5 Å². The minimum atomic E-state index is -0.0738. The first-order valence-electron chi connectivity index (χ1n) is 7.53. The minimum Gasteiger partial charge on any atom is -0.493 e. The highest BCUT2D eigenvalue weighted by atomic mass is 79.9. The maximum absolute atomic E-state index is 12.7. The van der Waals surface area contributed by atoms with Crippen LogP contribution in [0.1, 0.15) is 24.2 Å². The van der Waals surface area contributed by atoms with Gasteiger partial charge in [0.1, 0.15) is 0 Å². The van der Waals surface area contributed by atoms with E-state index in [1.165, 1.54) is 0 Å². The number of nitrogens with zero attached hydrogens (tertiary/aromatic N) is 2. The number of amides is 2. The Labute approximate surface area is 144 Å². The van der Waals surface area contributed by atoms with Crippen LogP contribution in [0.5, 0.6) is 11.5 Å². The van der Waals surface area contributed by atoms with E-state index in [2.05, 4.69) is 15.9 Å². The summed E-state index contributed by atoms with van der Waals surface area (Å²) in [6.07, 6.45) is 0. The third-order valence-electron chi connectivity index (χ3n) is 3.78. The van der Waals surface area contributed by atoms with E-state index in [1.54, 1.807) is 36.0 Å². The van der Waals surface area contributed by atoms with Gasteiger partial charge in [-0.25, -0.2) is 0 Å². The molecular formula is C16H21BrN2O4. The lowest BCUT2D eigenvalue weighted by Gasteiger charge is -2.34. The lowest BCUT2D eigenvalue weighted by molar-refractivity contribution is -0.130. The number of carbonyl (C=O) groups excluding carboxylic acids is 2. The molecule has 2 rings (SSSR count). The molecule has 0 saturated carbocycles. The van der Waals surface area contributed by atoms with Gasteiger partial charge in [-0.3, -0.25) is 9.59 Å². The molecule has 2 amide bonds. The number of halogens is 1. The lowest BCUT2D eigenvalue weighted by Crippen LogP contribution is -2.50. The average molecular weight is 385 g/mol. The van der Waals surface area contributed by atoms with Gasteiger partial charge in [-0.1, -0.05) is 0 Å². The van der Waals surface area contributed by atoms with Crippen LogP contribution in [0.2, 0.25) is 0 Å². The molecule has 1 saturated heterocycles. The van der Waals surface area contributed by atoms with Crippen LogP contribution in [0, 0.1) is 0 Å². The van der Waals surface area contributed by atoms with Gasteiger partial charge in [0.2, 0.25) is 5.91 Å². The molecule has 126 valence electrons. The zero-order valence-corrected chi connectivity index (χ0v) is 15.2. The van der Waals surface area contributed by atoms with Crippen molar-refractivity contribution >= 4 is 27.7 Å². The smallest absolute Gasteiger partial charge is 0.254 e. The molecule has 0 unspecified atom stereocenters. The van der Waals surface area contributed by atoms with E-state index >= 15 is 0 Å². The highest BCUT2D eigenvalue weighted by molar-refractivity contribution is 9.10. The van der Waals surface area contributed by atoms with Crippen LogP contribution < -0.4 is 9.47 Å². The van der Waals surface area contributed by atoms with Gasteiger partial charge in [-0.05, 0) is 35.0 Å². The highest BCUT2D eigenvalue weighted by Gasteiger charge is 2.24. The summed E-state index contributed by atoms with van der Waals surface area (Å²) in [5.74, 6) is 1.08. The largest absolute Gasteiger partial charge is 0.493 e. The summed E-state index contributed by atoms with van der Waals surface area (Å²) in [5.41, 5.74) is 0.536. The van der Waals surface area contributed by atoms with Crippen molar-refractivity contribution in [3.8, 4) is 11.5 Å². The molecular weight excluding hydrogens is 364 g/mol. The molecule has 1 aromatic carbocycles. The first kappa shape index (κ1) is 17.6. The van der Waals surface area contributed by atoms with Crippen molar-refractivity contribution in [1.82, 2.24) is 9.80 Å². The van der Waals surface area contributed by atoms with Crippen molar-refractivity contribution in [2.45, 2.75) is 13.8 Å². The third-order valence-corrected chi connectivity index (χ3v) is 4.37. The van der Waals surface area contributed by atoms with E-state index in [0.29, 0.717) is 54.3 Å². The topological polar surface area (TPSA) is 59.1 Å². The van der Waals surface area contributed by atoms with Crippen LogP contribution >= 0.6 is 15.9 Å². The molecule has 7 heteroatoms. The van der Waals surface area contributed by atoms with Gasteiger partial charge in [-0.2, -0.15) is 0 Å². The second-order valence-electron chi connectivity index (χ2n) is 5.22. The predicted octanol–water partition coefficient (Wildman–Crippen LogP) is 2.16. The molecule has 1 heterocycles. The van der Waals surface area contributed by atoms with E-state index in [-0.39, 0.29) is 11.8 Å². The van der Waals surface area contributed by atoms with Crippen LogP contribution in [0.15, 0.2) is 16.6 Å². The second kappa shape index (κ2) is 7.68. The van der Waals surface area contributed by atoms with E-state index in [4.69, 9.17) is 9.47 Å². The Hall–Kier alpha value is -1.76. The Morgan fingerprint density at radius 1 is 1.17 bits per heavy atom. The summed E-state index contributed by atoms with van der Waals surface area (Å²) in [6, 6.07) is 3.43. The monoisotopic (exact) mass is 384 g/mol. The number of hydrogen-bond acceptors (Lipinski definition) is 4. The molecule has 0 spiro atoms. The maximum atomic E-state index is 12.7. The van der Waals surface area contributed by atoms with Crippen molar-refractivity contribution in [2.24, 2.45) is 0 Å². The Morgan fingerprint density at radius 2 is 1.78 bits per heavy atom. The summed E-state index contributed by atoms with van der Waals surface area (Å²) in [4.78, 5) is 27.5. The Kier molecular flexibility index (Phi) is 5.87. The molecule has 0 aliphatic carbocycles. The minimum absolute atomic E-state index is 0.0441. The van der Waals surface area contributed by atoms with Crippen LogP contribution in [-0.2, 0) is 4.79 Å². The molecule has 6 nitrogen and oxygen atoms in total. The summed E-state index contributed by atoms with van der Waals surface area (Å²) in [7, 11) is 1.55. The molecule has 0 N–H and O–H groups in total. The van der Waals surface area contributed by atoms with Crippen molar-refractivity contribution < 1.29 is 19.1 Å². The maximum Gasteiger partial charge on any atom is 0.254 e. The van der Waals surface area contributed by atoms with Gasteiger partial charge in [0.05, 0.1) is 18.2 Å². The van der Waals surface area contributed by atoms with Gasteiger partial charge in [0, 0.05) is 38.7 Å². The van der Waals surface area contributed by atoms with Gasteiger partial charge < -0.3 is 19.3 Å². The zero-order valence-electron chi connectivity index (χ0n) is 13.6. The number of carbonyl (C=O) groups is 2. The summed E-state index contributed by atoms with van der Waals surface area (Å²) < 4.78 is 11.5. The third kappa shape index (κ3) is 3.96. The molecule has 0 atom stereocenters. The normalized spacial score (nSPS) is 14.6. The van der Waals surface area contributed by atoms with Crippen molar-refractivity contribution in [3.63, 3.8) is 0 Å². The van der Waals surface area contributed by atoms with Crippen LogP contribution in [0.3, 0.4) is 0 Å². The van der Waals surface area contributed by atoms with Crippen molar-refractivity contribution in [2.75, 3.05) is 39.9 Å². The molecule has 1 aliphatic heterocycles. The highest BCUT2D eigenvalue weighted by Crippen LogP contribution is 2.37. The van der Waals surface area contributed by atoms with Crippen LogP contribution in [0.4, 0.5) is 0 Å². The fraction of sp³-hybridized carbons (Fsp3) is 0.500. The molecule has 1 fully saturated rings. The zero-order chi connectivity index (χ0) is 17.0. The number of benzene rings is 1. The SMILES string of the molecule is CCOc1c(Br)cc(C(=O)N2CCN(C(C)=O)CC2)cc1OC. The molecule has 0 radical (unpaired) electrons. The first-order valence-corrected chi connectivity index (χ1v) is 8.32. The van der Waals surface area contributed by atoms with E-state index < -0.39 is 0 Å². The van der Waals surface area contributed by atoms with Crippen molar-refractivity contribution in [1.29, 1.82) is 0 Å². The molecule has 0 aromatic heterocycles. The average Bonchev–Trinajstić information content (AvgIpc) is 2.56. The predicted molar refractivity (Wildman–Crippen MR) is 90.0 cm³/mol. The molecule has 0 bridgehead atoms. The van der Waals surface area contributed by atoms with E-state index in [1.807, 2.05) is 6.92 Å². The number of methoxy groups -OCH3 is 1. The molecule has 1 aromatic rings. The summed E-state index contributed by atoms with van der Waals surface area (Å²) in [5, 5.41) is 0. The second-order valence-corrected chi connectivity index (χ2v) is 6.08. The lowest BCUT2D eigenvalue weighted by atomic mass is 10.1. The Morgan fingerprint density at radius 3 is 2.30 bits per heavy atom. The van der Waals surface area contributed by atoms with Crippen molar-refractivity contribution in [3.05, 3.63) is 22.2 Å². The van der Waals surface area contributed by atoms with Gasteiger partial charge in [0.15, 0.2) is 11.5 Å². The van der Waals surface area contributed by atoms with Gasteiger partial charge in [-0.15, -0.1) is 0 Å². The first-order chi connectivity index (χ1) is 11.0. The fourth-order valence-electron chi connectivity index (χ4n) is 2.53. The van der Waals surface area contributed by atoms with Gasteiger partial charge >= 0.3 is 0 Å². The van der Waals surface area contributed by atoms with E-state index in [9.17, 15) is 9.59 Å². The van der Waals surface area contributed by atoms with Gasteiger partial charge in [0.25, 0.3) is 5.91 Å². The number of ether oxygens (including phenoxy) is 2.